The minimum atomic E-state index is -3.61. The van der Waals surface area contributed by atoms with E-state index < -0.39 is 15.6 Å². The zero-order chi connectivity index (χ0) is 17.9. The smallest absolute Gasteiger partial charge is 0.336 e. The summed E-state index contributed by atoms with van der Waals surface area (Å²) in [6.45, 7) is 2.42. The van der Waals surface area contributed by atoms with Crippen LogP contribution in [0.2, 0.25) is 0 Å². The molecule has 0 fully saturated rings. The van der Waals surface area contributed by atoms with Crippen LogP contribution in [-0.4, -0.2) is 15.0 Å². The van der Waals surface area contributed by atoms with Gasteiger partial charge in [-0.05, 0) is 42.2 Å². The van der Waals surface area contributed by atoms with Crippen molar-refractivity contribution in [1.29, 1.82) is 0 Å². The van der Waals surface area contributed by atoms with Crippen LogP contribution < -0.4 is 10.3 Å². The molecule has 0 saturated carbocycles. The van der Waals surface area contributed by atoms with Gasteiger partial charge in [-0.15, -0.1) is 0 Å². The Hall–Kier alpha value is -2.44. The van der Waals surface area contributed by atoms with Crippen LogP contribution in [0.1, 0.15) is 24.8 Å². The number of fused-ring (bicyclic) bond motifs is 1. The van der Waals surface area contributed by atoms with Gasteiger partial charge in [0.2, 0.25) is 10.0 Å². The van der Waals surface area contributed by atoms with Gasteiger partial charge in [-0.3, -0.25) is 0 Å². The first-order valence-electron chi connectivity index (χ1n) is 8.04. The molecule has 1 heterocycles. The van der Waals surface area contributed by atoms with Gasteiger partial charge >= 0.3 is 5.63 Å². The van der Waals surface area contributed by atoms with E-state index in [2.05, 4.69) is 11.6 Å². The van der Waals surface area contributed by atoms with E-state index in [-0.39, 0.29) is 10.8 Å². The van der Waals surface area contributed by atoms with Crippen LogP contribution in [0.25, 0.3) is 11.0 Å². The first kappa shape index (κ1) is 17.4. The van der Waals surface area contributed by atoms with E-state index in [1.807, 2.05) is 30.3 Å². The first-order chi connectivity index (χ1) is 12.0. The Morgan fingerprint density at radius 3 is 2.56 bits per heavy atom. The summed E-state index contributed by atoms with van der Waals surface area (Å²) in [4.78, 5) is 11.3. The Kier molecular flexibility index (Phi) is 5.01. The Morgan fingerprint density at radius 2 is 1.80 bits per heavy atom. The molecule has 3 rings (SSSR count). The maximum Gasteiger partial charge on any atom is 0.336 e. The highest BCUT2D eigenvalue weighted by Gasteiger charge is 2.15. The number of hydrogen-bond acceptors (Lipinski definition) is 4. The van der Waals surface area contributed by atoms with Crippen LogP contribution in [0.4, 0.5) is 0 Å². The Balaban J connectivity index is 1.69. The number of nitrogens with one attached hydrogen (secondary N) is 1. The van der Waals surface area contributed by atoms with Gasteiger partial charge in [0.1, 0.15) is 5.58 Å². The fourth-order valence-electron chi connectivity index (χ4n) is 2.66. The molecule has 2 aromatic carbocycles. The van der Waals surface area contributed by atoms with E-state index in [4.69, 9.17) is 4.42 Å². The average Bonchev–Trinajstić information content (AvgIpc) is 2.61. The highest BCUT2D eigenvalue weighted by Crippen LogP contribution is 2.20. The molecule has 0 saturated heterocycles. The van der Waals surface area contributed by atoms with Gasteiger partial charge in [0.05, 0.1) is 4.90 Å². The summed E-state index contributed by atoms with van der Waals surface area (Å²) in [5, 5.41) is 0.570. The topological polar surface area (TPSA) is 76.4 Å². The second kappa shape index (κ2) is 7.21. The lowest BCUT2D eigenvalue weighted by Gasteiger charge is -2.13. The fourth-order valence-corrected chi connectivity index (χ4v) is 3.74. The molecule has 0 radical (unpaired) electrons. The normalized spacial score (nSPS) is 13.0. The Morgan fingerprint density at radius 1 is 1.04 bits per heavy atom. The van der Waals surface area contributed by atoms with Crippen molar-refractivity contribution in [3.05, 3.63) is 76.6 Å². The molecule has 0 aliphatic rings. The summed E-state index contributed by atoms with van der Waals surface area (Å²) in [6, 6.07) is 17.2. The minimum Gasteiger partial charge on any atom is -0.423 e. The van der Waals surface area contributed by atoms with Gasteiger partial charge in [0.15, 0.2) is 0 Å². The van der Waals surface area contributed by atoms with Crippen LogP contribution in [0.3, 0.4) is 0 Å². The molecule has 0 spiro atoms. The van der Waals surface area contributed by atoms with E-state index in [0.29, 0.717) is 23.9 Å². The summed E-state index contributed by atoms with van der Waals surface area (Å²) in [6.07, 6.45) is 0.700. The Bertz CT molecular complexity index is 1030. The number of benzene rings is 2. The van der Waals surface area contributed by atoms with Crippen LogP contribution in [0.15, 0.2) is 74.8 Å². The van der Waals surface area contributed by atoms with Crippen LogP contribution >= 0.6 is 0 Å². The molecule has 0 bridgehead atoms. The van der Waals surface area contributed by atoms with Gasteiger partial charge in [0, 0.05) is 18.0 Å². The second-order valence-electron chi connectivity index (χ2n) is 5.95. The lowest BCUT2D eigenvalue weighted by Crippen LogP contribution is -2.25. The molecule has 3 aromatic rings. The zero-order valence-electron chi connectivity index (χ0n) is 13.8. The van der Waals surface area contributed by atoms with Crippen molar-refractivity contribution in [2.45, 2.75) is 24.2 Å². The van der Waals surface area contributed by atoms with Crippen LogP contribution in [0.5, 0.6) is 0 Å². The van der Waals surface area contributed by atoms with Crippen LogP contribution in [0, 0.1) is 0 Å². The molecule has 1 atom stereocenters. The summed E-state index contributed by atoms with van der Waals surface area (Å²) in [5.74, 6) is 0.259. The largest absolute Gasteiger partial charge is 0.423 e. The molecule has 1 unspecified atom stereocenters. The predicted octanol–water partition coefficient (Wildman–Crippen LogP) is 3.27. The zero-order valence-corrected chi connectivity index (χ0v) is 14.6. The number of rotatable bonds is 6. The molecule has 130 valence electrons. The monoisotopic (exact) mass is 357 g/mol. The summed E-state index contributed by atoms with van der Waals surface area (Å²) in [7, 11) is -3.61. The van der Waals surface area contributed by atoms with Gasteiger partial charge < -0.3 is 4.42 Å². The third kappa shape index (κ3) is 4.15. The third-order valence-corrected chi connectivity index (χ3v) is 5.60. The molecule has 1 aromatic heterocycles. The summed E-state index contributed by atoms with van der Waals surface area (Å²) >= 11 is 0. The number of sulfonamides is 1. The molecule has 5 nitrogen and oxygen atoms in total. The third-order valence-electron chi connectivity index (χ3n) is 4.14. The predicted molar refractivity (Wildman–Crippen MR) is 97.1 cm³/mol. The number of hydrogen-bond donors (Lipinski definition) is 1. The second-order valence-corrected chi connectivity index (χ2v) is 7.72. The van der Waals surface area contributed by atoms with Crippen molar-refractivity contribution in [2.24, 2.45) is 0 Å². The standard InChI is InChI=1S/C19H19NO4S/c1-14(15-5-3-2-4-6-15)11-12-20-25(22,23)17-8-9-18-16(13-17)7-10-19(21)24-18/h2-10,13-14,20H,11-12H2,1H3. The lowest BCUT2D eigenvalue weighted by molar-refractivity contribution is 0.560. The Labute approximate surface area is 146 Å². The van der Waals surface area contributed by atoms with Gasteiger partial charge in [-0.2, -0.15) is 0 Å². The molecule has 0 amide bonds. The van der Waals surface area contributed by atoms with Crippen molar-refractivity contribution in [2.75, 3.05) is 6.54 Å². The molecule has 0 aliphatic carbocycles. The van der Waals surface area contributed by atoms with Gasteiger partial charge in [-0.1, -0.05) is 37.3 Å². The van der Waals surface area contributed by atoms with E-state index in [9.17, 15) is 13.2 Å². The van der Waals surface area contributed by atoms with E-state index in [0.717, 1.165) is 0 Å². The van der Waals surface area contributed by atoms with Crippen molar-refractivity contribution in [1.82, 2.24) is 4.72 Å². The van der Waals surface area contributed by atoms with E-state index in [1.54, 1.807) is 6.07 Å². The lowest BCUT2D eigenvalue weighted by atomic mass is 9.98. The highest BCUT2D eigenvalue weighted by atomic mass is 32.2. The molecule has 1 N–H and O–H groups in total. The molecule has 25 heavy (non-hydrogen) atoms. The first-order valence-corrected chi connectivity index (χ1v) is 9.52. The van der Waals surface area contributed by atoms with E-state index in [1.165, 1.54) is 29.8 Å². The molecular weight excluding hydrogens is 338 g/mol. The van der Waals surface area contributed by atoms with Gasteiger partial charge in [-0.25, -0.2) is 17.9 Å². The van der Waals surface area contributed by atoms with Gasteiger partial charge in [0.25, 0.3) is 0 Å². The fraction of sp³-hybridized carbons (Fsp3) is 0.211. The molecule has 0 aliphatic heterocycles. The van der Waals surface area contributed by atoms with Crippen molar-refractivity contribution in [3.8, 4) is 0 Å². The maximum absolute atomic E-state index is 12.5. The van der Waals surface area contributed by atoms with E-state index >= 15 is 0 Å². The SMILES string of the molecule is CC(CCNS(=O)(=O)c1ccc2oc(=O)ccc2c1)c1ccccc1. The quantitative estimate of drug-likeness (QED) is 0.687. The van der Waals surface area contributed by atoms with Crippen molar-refractivity contribution < 1.29 is 12.8 Å². The van der Waals surface area contributed by atoms with Crippen molar-refractivity contribution in [3.63, 3.8) is 0 Å². The van der Waals surface area contributed by atoms with Crippen LogP contribution in [-0.2, 0) is 10.0 Å². The highest BCUT2D eigenvalue weighted by molar-refractivity contribution is 7.89. The van der Waals surface area contributed by atoms with Crippen molar-refractivity contribution >= 4 is 21.0 Å². The minimum absolute atomic E-state index is 0.154. The molecular formula is C19H19NO4S. The molecule has 6 heteroatoms. The average molecular weight is 357 g/mol. The summed E-state index contributed by atoms with van der Waals surface area (Å²) < 4.78 is 32.6. The maximum atomic E-state index is 12.5. The summed E-state index contributed by atoms with van der Waals surface area (Å²) in [5.41, 5.74) is 1.09.